The summed E-state index contributed by atoms with van der Waals surface area (Å²) >= 11 is 0. The normalized spacial score (nSPS) is 18.8. The Kier molecular flexibility index (Phi) is 2.73. The fourth-order valence-electron chi connectivity index (χ4n) is 1.61. The van der Waals surface area contributed by atoms with Crippen LogP contribution in [0.4, 0.5) is 8.78 Å². The van der Waals surface area contributed by atoms with Gasteiger partial charge in [0, 0.05) is 11.6 Å². The highest BCUT2D eigenvalue weighted by Crippen LogP contribution is 2.35. The maximum absolute atomic E-state index is 11.9. The molecule has 82 valence electrons. The highest BCUT2D eigenvalue weighted by molar-refractivity contribution is 5.44. The van der Waals surface area contributed by atoms with Gasteiger partial charge in [-0.25, -0.2) is 0 Å². The molecular weight excluding hydrogens is 204 g/mol. The minimum atomic E-state index is -2.80. The fraction of sp³-hybridized carbons (Fsp3) is 0.400. The summed E-state index contributed by atoms with van der Waals surface area (Å²) in [7, 11) is 1.83. The predicted molar refractivity (Wildman–Crippen MR) is 50.4 cm³/mol. The molecule has 0 aliphatic carbocycles. The minimum Gasteiger partial charge on any atom is -0.491 e. The van der Waals surface area contributed by atoms with Gasteiger partial charge in [-0.15, -0.1) is 0 Å². The number of alkyl halides is 2. The minimum absolute atomic E-state index is 0.125. The summed E-state index contributed by atoms with van der Waals surface area (Å²) < 4.78 is 33.5. The van der Waals surface area contributed by atoms with Crippen molar-refractivity contribution in [1.29, 1.82) is 0 Å². The fourth-order valence-corrected chi connectivity index (χ4v) is 1.61. The molecule has 0 fully saturated rings. The number of hydrogen-bond acceptors (Lipinski definition) is 3. The lowest BCUT2D eigenvalue weighted by Crippen LogP contribution is -2.17. The number of hydrogen-bond donors (Lipinski definition) is 1. The van der Waals surface area contributed by atoms with Gasteiger partial charge in [0.1, 0.15) is 18.1 Å². The lowest BCUT2D eigenvalue weighted by molar-refractivity contribution is -0.0499. The van der Waals surface area contributed by atoms with Crippen molar-refractivity contribution in [1.82, 2.24) is 5.32 Å². The molecule has 1 aliphatic rings. The Morgan fingerprint density at radius 1 is 1.53 bits per heavy atom. The zero-order valence-electron chi connectivity index (χ0n) is 8.17. The van der Waals surface area contributed by atoms with Crippen LogP contribution in [0.5, 0.6) is 11.5 Å². The second-order valence-corrected chi connectivity index (χ2v) is 3.23. The molecule has 15 heavy (non-hydrogen) atoms. The first kappa shape index (κ1) is 10.2. The van der Waals surface area contributed by atoms with Crippen molar-refractivity contribution in [2.45, 2.75) is 12.7 Å². The van der Waals surface area contributed by atoms with Crippen molar-refractivity contribution in [2.24, 2.45) is 0 Å². The summed E-state index contributed by atoms with van der Waals surface area (Å²) in [5.41, 5.74) is 0.971. The van der Waals surface area contributed by atoms with E-state index in [1.807, 2.05) is 7.05 Å². The molecule has 0 saturated carbocycles. The van der Waals surface area contributed by atoms with Crippen molar-refractivity contribution < 1.29 is 18.3 Å². The van der Waals surface area contributed by atoms with Crippen molar-refractivity contribution in [3.63, 3.8) is 0 Å². The van der Waals surface area contributed by atoms with Crippen LogP contribution in [-0.4, -0.2) is 20.3 Å². The zero-order chi connectivity index (χ0) is 10.8. The van der Waals surface area contributed by atoms with Crippen LogP contribution >= 0.6 is 0 Å². The Morgan fingerprint density at radius 2 is 2.33 bits per heavy atom. The van der Waals surface area contributed by atoms with E-state index in [9.17, 15) is 8.78 Å². The number of fused-ring (bicyclic) bond motifs is 1. The number of rotatable bonds is 3. The van der Waals surface area contributed by atoms with Gasteiger partial charge in [0.2, 0.25) is 0 Å². The molecule has 0 aromatic heterocycles. The Hall–Kier alpha value is -1.36. The third-order valence-corrected chi connectivity index (χ3v) is 2.34. The molecule has 1 aromatic rings. The molecule has 0 radical (unpaired) electrons. The van der Waals surface area contributed by atoms with Crippen molar-refractivity contribution in [2.75, 3.05) is 13.7 Å². The van der Waals surface area contributed by atoms with Crippen LogP contribution < -0.4 is 14.8 Å². The van der Waals surface area contributed by atoms with Crippen molar-refractivity contribution in [3.8, 4) is 11.5 Å². The summed E-state index contributed by atoms with van der Waals surface area (Å²) in [5, 5.41) is 3.07. The molecule has 1 atom stereocenters. The van der Waals surface area contributed by atoms with E-state index in [4.69, 9.17) is 4.74 Å². The van der Waals surface area contributed by atoms with E-state index in [1.54, 1.807) is 6.07 Å². The van der Waals surface area contributed by atoms with Crippen LogP contribution in [0.3, 0.4) is 0 Å². The van der Waals surface area contributed by atoms with Crippen molar-refractivity contribution >= 4 is 0 Å². The van der Waals surface area contributed by atoms with Crippen LogP contribution in [0.1, 0.15) is 11.6 Å². The highest BCUT2D eigenvalue weighted by Gasteiger charge is 2.23. The van der Waals surface area contributed by atoms with Gasteiger partial charge in [-0.05, 0) is 19.2 Å². The first-order chi connectivity index (χ1) is 7.20. The highest BCUT2D eigenvalue weighted by atomic mass is 19.3. The van der Waals surface area contributed by atoms with Gasteiger partial charge in [-0.3, -0.25) is 0 Å². The van der Waals surface area contributed by atoms with Gasteiger partial charge in [0.25, 0.3) is 0 Å². The average Bonchev–Trinajstić information content (AvgIpc) is 2.58. The van der Waals surface area contributed by atoms with Crippen LogP contribution in [-0.2, 0) is 0 Å². The topological polar surface area (TPSA) is 30.5 Å². The molecule has 1 N–H and O–H groups in total. The number of benzene rings is 1. The standard InChI is InChI=1S/C10H11F2NO2/c1-13-8-5-14-9-4-6(15-10(11)12)2-3-7(8)9/h2-4,8,10,13H,5H2,1H3. The van der Waals surface area contributed by atoms with Gasteiger partial charge >= 0.3 is 6.61 Å². The average molecular weight is 215 g/mol. The molecule has 1 aliphatic heterocycles. The van der Waals surface area contributed by atoms with E-state index < -0.39 is 6.61 Å². The summed E-state index contributed by atoms with van der Waals surface area (Å²) in [6.45, 7) is -2.28. The SMILES string of the molecule is CNC1COc2cc(OC(F)F)ccc21. The van der Waals surface area contributed by atoms with E-state index >= 15 is 0 Å². The number of halogens is 2. The van der Waals surface area contributed by atoms with Gasteiger partial charge in [-0.2, -0.15) is 8.78 Å². The zero-order valence-corrected chi connectivity index (χ0v) is 8.17. The van der Waals surface area contributed by atoms with E-state index in [1.165, 1.54) is 12.1 Å². The second kappa shape index (κ2) is 4.02. The monoisotopic (exact) mass is 215 g/mol. The molecule has 0 bridgehead atoms. The maximum atomic E-state index is 11.9. The van der Waals surface area contributed by atoms with E-state index in [-0.39, 0.29) is 11.8 Å². The molecule has 0 spiro atoms. The van der Waals surface area contributed by atoms with Gasteiger partial charge in [-0.1, -0.05) is 0 Å². The molecule has 0 amide bonds. The summed E-state index contributed by atoms with van der Waals surface area (Å²) in [6.07, 6.45) is 0. The molecule has 1 unspecified atom stereocenters. The van der Waals surface area contributed by atoms with Crippen molar-refractivity contribution in [3.05, 3.63) is 23.8 Å². The molecule has 1 heterocycles. The van der Waals surface area contributed by atoms with Crippen LogP contribution in [0.2, 0.25) is 0 Å². The Morgan fingerprint density at radius 3 is 3.00 bits per heavy atom. The Labute approximate surface area is 86.0 Å². The quantitative estimate of drug-likeness (QED) is 0.835. The Bertz CT molecular complexity index is 357. The first-order valence-corrected chi connectivity index (χ1v) is 4.59. The predicted octanol–water partition coefficient (Wildman–Crippen LogP) is 1.94. The smallest absolute Gasteiger partial charge is 0.387 e. The Balaban J connectivity index is 2.21. The largest absolute Gasteiger partial charge is 0.491 e. The molecular formula is C10H11F2NO2. The third kappa shape index (κ3) is 2.02. The molecule has 2 rings (SSSR count). The van der Waals surface area contributed by atoms with Crippen LogP contribution in [0.25, 0.3) is 0 Å². The van der Waals surface area contributed by atoms with Gasteiger partial charge < -0.3 is 14.8 Å². The van der Waals surface area contributed by atoms with E-state index in [0.717, 1.165) is 5.56 Å². The lowest BCUT2D eigenvalue weighted by atomic mass is 10.1. The van der Waals surface area contributed by atoms with Crippen LogP contribution in [0.15, 0.2) is 18.2 Å². The van der Waals surface area contributed by atoms with Crippen LogP contribution in [0, 0.1) is 0 Å². The maximum Gasteiger partial charge on any atom is 0.387 e. The number of ether oxygens (including phenoxy) is 2. The lowest BCUT2D eigenvalue weighted by Gasteiger charge is -2.07. The first-order valence-electron chi connectivity index (χ1n) is 4.59. The second-order valence-electron chi connectivity index (χ2n) is 3.23. The molecule has 1 aromatic carbocycles. The van der Waals surface area contributed by atoms with E-state index in [2.05, 4.69) is 10.1 Å². The number of likely N-dealkylation sites (N-methyl/N-ethyl adjacent to an activating group) is 1. The van der Waals surface area contributed by atoms with E-state index in [0.29, 0.717) is 12.4 Å². The summed E-state index contributed by atoms with van der Waals surface area (Å²) in [4.78, 5) is 0. The summed E-state index contributed by atoms with van der Waals surface area (Å²) in [6, 6.07) is 4.87. The molecule has 3 nitrogen and oxygen atoms in total. The molecule has 5 heteroatoms. The molecule has 0 saturated heterocycles. The number of nitrogens with one attached hydrogen (secondary N) is 1. The summed E-state index contributed by atoms with van der Waals surface area (Å²) in [5.74, 6) is 0.730. The van der Waals surface area contributed by atoms with Gasteiger partial charge in [0.05, 0.1) is 6.04 Å². The third-order valence-electron chi connectivity index (χ3n) is 2.34. The van der Waals surface area contributed by atoms with Gasteiger partial charge in [0.15, 0.2) is 0 Å².